The number of aryl methyl sites for hydroxylation is 2. The summed E-state index contributed by atoms with van der Waals surface area (Å²) in [5.41, 5.74) is 5.74. The Labute approximate surface area is 112 Å². The van der Waals surface area contributed by atoms with Gasteiger partial charge in [-0.2, -0.15) is 0 Å². The van der Waals surface area contributed by atoms with Crippen molar-refractivity contribution in [3.63, 3.8) is 0 Å². The molecule has 0 saturated carbocycles. The molecule has 0 amide bonds. The molecule has 2 N–H and O–H groups in total. The highest BCUT2D eigenvalue weighted by Crippen LogP contribution is 2.34. The maximum absolute atomic E-state index is 5.74. The van der Waals surface area contributed by atoms with Crippen molar-refractivity contribution in [2.45, 2.75) is 17.1 Å². The second-order valence-corrected chi connectivity index (χ2v) is 6.08. The van der Waals surface area contributed by atoms with Crippen LogP contribution in [0.4, 0.5) is 5.95 Å². The molecule has 0 fully saturated rings. The number of nitrogens with zero attached hydrogens (tertiary/aromatic N) is 4. The summed E-state index contributed by atoms with van der Waals surface area (Å²) < 4.78 is 1.95. The van der Waals surface area contributed by atoms with E-state index in [0.29, 0.717) is 5.95 Å². The van der Waals surface area contributed by atoms with Gasteiger partial charge >= 0.3 is 0 Å². The van der Waals surface area contributed by atoms with Gasteiger partial charge in [-0.15, -0.1) is 11.3 Å². The van der Waals surface area contributed by atoms with Gasteiger partial charge in [-0.05, 0) is 24.8 Å². The lowest BCUT2D eigenvalue weighted by Crippen LogP contribution is -1.96. The van der Waals surface area contributed by atoms with Crippen molar-refractivity contribution >= 4 is 39.3 Å². The fourth-order valence-electron chi connectivity index (χ4n) is 1.65. The summed E-state index contributed by atoms with van der Waals surface area (Å²) in [5, 5.41) is 2.79. The summed E-state index contributed by atoms with van der Waals surface area (Å²) in [5.74, 6) is 0.307. The molecule has 0 aliphatic carbocycles. The molecule has 3 aromatic heterocycles. The molecule has 0 spiro atoms. The number of nitrogen functional groups attached to an aromatic ring is 1. The van der Waals surface area contributed by atoms with Crippen LogP contribution in [0, 0.1) is 6.92 Å². The summed E-state index contributed by atoms with van der Waals surface area (Å²) >= 11 is 3.13. The van der Waals surface area contributed by atoms with Crippen molar-refractivity contribution in [1.29, 1.82) is 0 Å². The zero-order valence-electron chi connectivity index (χ0n) is 9.91. The number of fused-ring (bicyclic) bond motifs is 1. The van der Waals surface area contributed by atoms with E-state index in [1.165, 1.54) is 16.6 Å². The van der Waals surface area contributed by atoms with Gasteiger partial charge < -0.3 is 10.3 Å². The monoisotopic (exact) mass is 277 g/mol. The molecule has 7 heteroatoms. The smallest absolute Gasteiger partial charge is 0.222 e. The van der Waals surface area contributed by atoms with Crippen molar-refractivity contribution < 1.29 is 0 Å². The van der Waals surface area contributed by atoms with E-state index in [4.69, 9.17) is 5.73 Å². The average molecular weight is 277 g/mol. The van der Waals surface area contributed by atoms with Crippen LogP contribution in [0.3, 0.4) is 0 Å². The van der Waals surface area contributed by atoms with Crippen LogP contribution in [0.2, 0.25) is 0 Å². The van der Waals surface area contributed by atoms with E-state index in [0.717, 1.165) is 20.4 Å². The summed E-state index contributed by atoms with van der Waals surface area (Å²) in [4.78, 5) is 15.0. The lowest BCUT2D eigenvalue weighted by molar-refractivity contribution is 0.789. The largest absolute Gasteiger partial charge is 0.368 e. The number of nitrogens with two attached hydrogens (primary N) is 1. The van der Waals surface area contributed by atoms with Crippen molar-refractivity contribution in [3.05, 3.63) is 23.3 Å². The number of thiophene rings is 1. The summed E-state index contributed by atoms with van der Waals surface area (Å²) in [6.45, 7) is 2.05. The van der Waals surface area contributed by atoms with Crippen LogP contribution in [-0.2, 0) is 7.05 Å². The Morgan fingerprint density at radius 1 is 1.39 bits per heavy atom. The molecular weight excluding hydrogens is 266 g/mol. The van der Waals surface area contributed by atoms with Crippen LogP contribution >= 0.6 is 23.1 Å². The molecule has 0 aliphatic heterocycles. The maximum Gasteiger partial charge on any atom is 0.222 e. The van der Waals surface area contributed by atoms with E-state index in [-0.39, 0.29) is 0 Å². The molecule has 3 rings (SSSR count). The summed E-state index contributed by atoms with van der Waals surface area (Å²) in [6, 6.07) is 2.09. The zero-order chi connectivity index (χ0) is 12.7. The summed E-state index contributed by atoms with van der Waals surface area (Å²) in [7, 11) is 1.95. The Morgan fingerprint density at radius 2 is 2.22 bits per heavy atom. The van der Waals surface area contributed by atoms with Crippen molar-refractivity contribution in [1.82, 2.24) is 19.5 Å². The number of hydrogen-bond donors (Lipinski definition) is 1. The standard InChI is InChI=1S/C11H11N5S2/c1-6-5-7-8(17-6)14-10(12)15-9(7)18-11-13-3-4-16(11)2/h3-5H,1-2H3,(H2,12,14,15). The third-order valence-corrected chi connectivity index (χ3v) is 4.49. The molecule has 92 valence electrons. The van der Waals surface area contributed by atoms with Gasteiger partial charge in [-0.3, -0.25) is 0 Å². The lowest BCUT2D eigenvalue weighted by Gasteiger charge is -2.03. The number of rotatable bonds is 2. The second-order valence-electron chi connectivity index (χ2n) is 3.89. The predicted molar refractivity (Wildman–Crippen MR) is 73.9 cm³/mol. The SMILES string of the molecule is Cc1cc2c(Sc3nccn3C)nc(N)nc2s1. The highest BCUT2D eigenvalue weighted by molar-refractivity contribution is 7.99. The van der Waals surface area contributed by atoms with Crippen LogP contribution in [-0.4, -0.2) is 19.5 Å². The van der Waals surface area contributed by atoms with Gasteiger partial charge in [0.1, 0.15) is 9.86 Å². The van der Waals surface area contributed by atoms with E-state index in [9.17, 15) is 0 Å². The van der Waals surface area contributed by atoms with Crippen LogP contribution < -0.4 is 5.73 Å². The molecule has 0 bridgehead atoms. The third-order valence-electron chi connectivity index (χ3n) is 2.46. The molecule has 0 aromatic carbocycles. The minimum Gasteiger partial charge on any atom is -0.368 e. The van der Waals surface area contributed by atoms with Gasteiger partial charge in [0.2, 0.25) is 5.95 Å². The van der Waals surface area contributed by atoms with E-state index >= 15 is 0 Å². The van der Waals surface area contributed by atoms with Crippen LogP contribution in [0.1, 0.15) is 4.88 Å². The van der Waals surface area contributed by atoms with Gasteiger partial charge in [0.25, 0.3) is 0 Å². The van der Waals surface area contributed by atoms with Gasteiger partial charge in [-0.25, -0.2) is 15.0 Å². The van der Waals surface area contributed by atoms with Crippen LogP contribution in [0.25, 0.3) is 10.2 Å². The minimum absolute atomic E-state index is 0.307. The van der Waals surface area contributed by atoms with Crippen molar-refractivity contribution in [3.8, 4) is 0 Å². The number of aromatic nitrogens is 4. The first-order valence-corrected chi connectivity index (χ1v) is 6.95. The van der Waals surface area contributed by atoms with Crippen molar-refractivity contribution in [2.75, 3.05) is 5.73 Å². The Morgan fingerprint density at radius 3 is 2.94 bits per heavy atom. The molecule has 0 saturated heterocycles. The molecule has 0 unspecified atom stereocenters. The highest BCUT2D eigenvalue weighted by Gasteiger charge is 2.12. The highest BCUT2D eigenvalue weighted by atomic mass is 32.2. The van der Waals surface area contributed by atoms with Crippen molar-refractivity contribution in [2.24, 2.45) is 7.05 Å². The van der Waals surface area contributed by atoms with E-state index in [2.05, 4.69) is 27.9 Å². The predicted octanol–water partition coefficient (Wildman–Crippen LogP) is 2.47. The van der Waals surface area contributed by atoms with Gasteiger partial charge in [0.05, 0.1) is 0 Å². The summed E-state index contributed by atoms with van der Waals surface area (Å²) in [6.07, 6.45) is 3.67. The topological polar surface area (TPSA) is 69.6 Å². The third kappa shape index (κ3) is 1.95. The van der Waals surface area contributed by atoms with E-state index in [1.807, 2.05) is 17.8 Å². The zero-order valence-corrected chi connectivity index (χ0v) is 11.5. The van der Waals surface area contributed by atoms with Crippen LogP contribution in [0.15, 0.2) is 28.6 Å². The van der Waals surface area contributed by atoms with Gasteiger partial charge in [0, 0.05) is 29.7 Å². The minimum atomic E-state index is 0.307. The first-order chi connectivity index (χ1) is 8.63. The fourth-order valence-corrected chi connectivity index (χ4v) is 3.49. The second kappa shape index (κ2) is 4.25. The number of imidazole rings is 1. The molecule has 0 aliphatic rings. The maximum atomic E-state index is 5.74. The molecule has 0 radical (unpaired) electrons. The lowest BCUT2D eigenvalue weighted by atomic mass is 10.4. The molecular formula is C11H11N5S2. The molecule has 0 atom stereocenters. The first-order valence-electron chi connectivity index (χ1n) is 5.32. The number of anilines is 1. The van der Waals surface area contributed by atoms with E-state index in [1.54, 1.807) is 17.5 Å². The Balaban J connectivity index is 2.13. The first kappa shape index (κ1) is 11.5. The Bertz CT molecular complexity index is 715. The average Bonchev–Trinajstić information content (AvgIpc) is 2.85. The number of hydrogen-bond acceptors (Lipinski definition) is 6. The Kier molecular flexibility index (Phi) is 2.71. The van der Waals surface area contributed by atoms with Gasteiger partial charge in [0.15, 0.2) is 5.16 Å². The molecule has 18 heavy (non-hydrogen) atoms. The van der Waals surface area contributed by atoms with Crippen LogP contribution in [0.5, 0.6) is 0 Å². The Hall–Kier alpha value is -1.60. The fraction of sp³-hybridized carbons (Fsp3) is 0.182. The quantitative estimate of drug-likeness (QED) is 0.729. The molecule has 3 heterocycles. The van der Waals surface area contributed by atoms with E-state index < -0.39 is 0 Å². The normalized spacial score (nSPS) is 11.2. The molecule has 5 nitrogen and oxygen atoms in total. The van der Waals surface area contributed by atoms with Gasteiger partial charge in [-0.1, -0.05) is 0 Å². The molecule has 3 aromatic rings.